The van der Waals surface area contributed by atoms with E-state index in [4.69, 9.17) is 11.6 Å². The Morgan fingerprint density at radius 3 is 2.54 bits per heavy atom. The molecule has 0 radical (unpaired) electrons. The van der Waals surface area contributed by atoms with Crippen LogP contribution >= 0.6 is 24.0 Å². The largest absolute Gasteiger partial charge is 0.573 e. The van der Waals surface area contributed by atoms with E-state index in [2.05, 4.69) is 21.5 Å². The Hall–Kier alpha value is -0.950. The number of nitrogens with zero attached hydrogens (tertiary/aromatic N) is 1. The van der Waals surface area contributed by atoms with Gasteiger partial charge in [-0.05, 0) is 37.0 Å². The fraction of sp³-hybridized carbons (Fsp3) is 0.556. The third-order valence-corrected chi connectivity index (χ3v) is 4.59. The summed E-state index contributed by atoms with van der Waals surface area (Å²) < 4.78 is 41.2. The van der Waals surface area contributed by atoms with Crippen LogP contribution in [0.25, 0.3) is 0 Å². The number of piperazine rings is 1. The van der Waals surface area contributed by atoms with E-state index in [1.165, 1.54) is 6.07 Å². The van der Waals surface area contributed by atoms with Gasteiger partial charge in [0.2, 0.25) is 0 Å². The Kier molecular flexibility index (Phi) is 9.79. The molecular weight excluding hydrogens is 388 g/mol. The standard InChI is InChI=1S/C18H24ClF3N2O.ClH/c1-2-3-4-5-6-16(24-11-9-23-10-12-24)14-7-8-17(15(19)13-14)25-18(20,21)22;/h2,7-8,13,16,23H,1,3-6,9-12H2;1H/t16-;/m1./s1. The van der Waals surface area contributed by atoms with Crippen molar-refractivity contribution in [2.24, 2.45) is 0 Å². The van der Waals surface area contributed by atoms with Crippen LogP contribution in [0.3, 0.4) is 0 Å². The van der Waals surface area contributed by atoms with Gasteiger partial charge in [0, 0.05) is 32.2 Å². The predicted molar refractivity (Wildman–Crippen MR) is 101 cm³/mol. The lowest BCUT2D eigenvalue weighted by molar-refractivity contribution is -0.274. The number of halogens is 5. The van der Waals surface area contributed by atoms with Crippen molar-refractivity contribution in [2.45, 2.75) is 38.1 Å². The lowest BCUT2D eigenvalue weighted by Crippen LogP contribution is -2.45. The number of unbranched alkanes of at least 4 members (excludes halogenated alkanes) is 2. The van der Waals surface area contributed by atoms with Crippen molar-refractivity contribution < 1.29 is 17.9 Å². The quantitative estimate of drug-likeness (QED) is 0.459. The van der Waals surface area contributed by atoms with Crippen LogP contribution in [0.5, 0.6) is 5.75 Å². The maximum Gasteiger partial charge on any atom is 0.573 e. The van der Waals surface area contributed by atoms with Gasteiger partial charge in [0.1, 0.15) is 5.75 Å². The molecule has 1 heterocycles. The second-order valence-corrected chi connectivity index (χ2v) is 6.52. The molecule has 26 heavy (non-hydrogen) atoms. The molecule has 3 nitrogen and oxygen atoms in total. The van der Waals surface area contributed by atoms with Crippen molar-refractivity contribution in [1.29, 1.82) is 0 Å². The van der Waals surface area contributed by atoms with Gasteiger partial charge in [-0.2, -0.15) is 0 Å². The zero-order valence-electron chi connectivity index (χ0n) is 14.5. The van der Waals surface area contributed by atoms with Gasteiger partial charge in [-0.15, -0.1) is 32.2 Å². The summed E-state index contributed by atoms with van der Waals surface area (Å²) in [6.45, 7) is 7.37. The number of hydrogen-bond acceptors (Lipinski definition) is 3. The van der Waals surface area contributed by atoms with Gasteiger partial charge in [-0.1, -0.05) is 30.2 Å². The molecule has 0 bridgehead atoms. The van der Waals surface area contributed by atoms with E-state index in [1.54, 1.807) is 12.1 Å². The van der Waals surface area contributed by atoms with Crippen LogP contribution < -0.4 is 10.1 Å². The Bertz CT molecular complexity index is 564. The molecule has 0 aliphatic carbocycles. The van der Waals surface area contributed by atoms with Crippen LogP contribution in [0.2, 0.25) is 5.02 Å². The summed E-state index contributed by atoms with van der Waals surface area (Å²) in [6.07, 6.45) is 1.14. The molecule has 1 aliphatic rings. The summed E-state index contributed by atoms with van der Waals surface area (Å²) in [4.78, 5) is 2.36. The SMILES string of the molecule is C=CCCCC[C@H](c1ccc(OC(F)(F)F)c(Cl)c1)N1CCNCC1.Cl. The monoisotopic (exact) mass is 412 g/mol. The lowest BCUT2D eigenvalue weighted by atomic mass is 9.98. The van der Waals surface area contributed by atoms with Crippen molar-refractivity contribution in [1.82, 2.24) is 10.2 Å². The molecule has 1 aromatic rings. The van der Waals surface area contributed by atoms with Crippen molar-refractivity contribution in [2.75, 3.05) is 26.2 Å². The van der Waals surface area contributed by atoms with E-state index in [9.17, 15) is 13.2 Å². The number of ether oxygens (including phenoxy) is 1. The highest BCUT2D eigenvalue weighted by Gasteiger charge is 2.32. The number of alkyl halides is 3. The summed E-state index contributed by atoms with van der Waals surface area (Å²) >= 11 is 6.03. The first-order valence-corrected chi connectivity index (χ1v) is 8.89. The van der Waals surface area contributed by atoms with Gasteiger partial charge in [-0.25, -0.2) is 0 Å². The number of rotatable bonds is 8. The molecule has 8 heteroatoms. The summed E-state index contributed by atoms with van der Waals surface area (Å²) in [5.74, 6) is -0.358. The first-order valence-electron chi connectivity index (χ1n) is 8.51. The normalized spacial score (nSPS) is 16.6. The molecule has 1 aromatic carbocycles. The lowest BCUT2D eigenvalue weighted by Gasteiger charge is -2.35. The zero-order chi connectivity index (χ0) is 18.3. The average molecular weight is 413 g/mol. The highest BCUT2D eigenvalue weighted by molar-refractivity contribution is 6.32. The summed E-state index contributed by atoms with van der Waals surface area (Å²) in [5, 5.41) is 3.30. The van der Waals surface area contributed by atoms with Crippen LogP contribution in [0.15, 0.2) is 30.9 Å². The molecule has 2 rings (SSSR count). The fourth-order valence-electron chi connectivity index (χ4n) is 3.11. The molecule has 148 valence electrons. The summed E-state index contributed by atoms with van der Waals surface area (Å²) in [6, 6.07) is 4.74. The molecule has 1 fully saturated rings. The second-order valence-electron chi connectivity index (χ2n) is 6.11. The van der Waals surface area contributed by atoms with E-state index in [0.717, 1.165) is 57.4 Å². The van der Waals surface area contributed by atoms with Gasteiger partial charge in [-0.3, -0.25) is 4.90 Å². The minimum atomic E-state index is -4.74. The van der Waals surface area contributed by atoms with Gasteiger partial charge < -0.3 is 10.1 Å². The minimum Gasteiger partial charge on any atom is -0.404 e. The Labute approximate surface area is 163 Å². The highest BCUT2D eigenvalue weighted by atomic mass is 35.5. The van der Waals surface area contributed by atoms with Crippen LogP contribution in [0, 0.1) is 0 Å². The summed E-state index contributed by atoms with van der Waals surface area (Å²) in [5.41, 5.74) is 0.931. The fourth-order valence-corrected chi connectivity index (χ4v) is 3.34. The van der Waals surface area contributed by atoms with E-state index in [0.29, 0.717) is 0 Å². The van der Waals surface area contributed by atoms with Crippen LogP contribution in [-0.2, 0) is 0 Å². The van der Waals surface area contributed by atoms with Crippen LogP contribution in [0.1, 0.15) is 37.3 Å². The van der Waals surface area contributed by atoms with Crippen molar-refractivity contribution in [3.05, 3.63) is 41.4 Å². The van der Waals surface area contributed by atoms with Crippen molar-refractivity contribution >= 4 is 24.0 Å². The van der Waals surface area contributed by atoms with E-state index < -0.39 is 6.36 Å². The third-order valence-electron chi connectivity index (χ3n) is 4.29. The molecule has 0 amide bonds. The Morgan fingerprint density at radius 1 is 1.27 bits per heavy atom. The van der Waals surface area contributed by atoms with Gasteiger partial charge in [0.25, 0.3) is 0 Å². The van der Waals surface area contributed by atoms with Gasteiger partial charge >= 0.3 is 6.36 Å². The molecule has 1 N–H and O–H groups in total. The van der Waals surface area contributed by atoms with E-state index in [1.807, 2.05) is 6.08 Å². The third kappa shape index (κ3) is 7.35. The number of hydrogen-bond donors (Lipinski definition) is 1. The average Bonchev–Trinajstić information content (AvgIpc) is 2.57. The number of allylic oxidation sites excluding steroid dienone is 1. The first kappa shape index (κ1) is 23.1. The molecular formula is C18H25Cl2F3N2O. The molecule has 0 saturated carbocycles. The second kappa shape index (κ2) is 11.0. The number of nitrogens with one attached hydrogen (secondary N) is 1. The first-order chi connectivity index (χ1) is 11.9. The van der Waals surface area contributed by atoms with Gasteiger partial charge in [0.15, 0.2) is 0 Å². The smallest absolute Gasteiger partial charge is 0.404 e. The number of benzene rings is 1. The Morgan fingerprint density at radius 2 is 1.96 bits per heavy atom. The molecule has 0 aromatic heterocycles. The summed E-state index contributed by atoms with van der Waals surface area (Å²) in [7, 11) is 0. The van der Waals surface area contributed by atoms with Gasteiger partial charge in [0.05, 0.1) is 5.02 Å². The topological polar surface area (TPSA) is 24.5 Å². The molecule has 0 spiro atoms. The maximum atomic E-state index is 12.4. The molecule has 0 unspecified atom stereocenters. The van der Waals surface area contributed by atoms with Crippen molar-refractivity contribution in [3.8, 4) is 5.75 Å². The van der Waals surface area contributed by atoms with Crippen molar-refractivity contribution in [3.63, 3.8) is 0 Å². The molecule has 1 atom stereocenters. The minimum absolute atomic E-state index is 0. The predicted octanol–water partition coefficient (Wildman–Crippen LogP) is 5.35. The highest BCUT2D eigenvalue weighted by Crippen LogP contribution is 2.35. The molecule has 1 saturated heterocycles. The van der Waals surface area contributed by atoms with Crippen LogP contribution in [0.4, 0.5) is 13.2 Å². The Balaban J connectivity index is 0.00000338. The molecule has 1 aliphatic heterocycles. The zero-order valence-corrected chi connectivity index (χ0v) is 16.1. The maximum absolute atomic E-state index is 12.4. The van der Waals surface area contributed by atoms with E-state index >= 15 is 0 Å². The van der Waals surface area contributed by atoms with E-state index in [-0.39, 0.29) is 29.2 Å². The van der Waals surface area contributed by atoms with Crippen LogP contribution in [-0.4, -0.2) is 37.4 Å².